The van der Waals surface area contributed by atoms with Gasteiger partial charge in [-0.05, 0) is 36.8 Å². The average Bonchev–Trinajstić information content (AvgIpc) is 3.04. The second-order valence-corrected chi connectivity index (χ2v) is 4.68. The van der Waals surface area contributed by atoms with Crippen LogP contribution in [0, 0.1) is 16.0 Å². The van der Waals surface area contributed by atoms with E-state index in [1.807, 2.05) is 12.3 Å². The van der Waals surface area contributed by atoms with Crippen molar-refractivity contribution in [1.82, 2.24) is 4.98 Å². The Morgan fingerprint density at radius 2 is 2.33 bits per heavy atom. The number of hydrogen-bond acceptors (Lipinski definition) is 3. The summed E-state index contributed by atoms with van der Waals surface area (Å²) in [5.41, 5.74) is 5.98. The molecule has 0 radical (unpaired) electrons. The molecule has 1 aromatic rings. The minimum Gasteiger partial charge on any atom is -0.373 e. The third-order valence-electron chi connectivity index (χ3n) is 2.19. The highest BCUT2D eigenvalue weighted by Gasteiger charge is 2.21. The van der Waals surface area contributed by atoms with Crippen molar-refractivity contribution in [1.29, 1.82) is 0 Å². The second-order valence-electron chi connectivity index (χ2n) is 3.83. The fourth-order valence-corrected chi connectivity index (χ4v) is 1.45. The molecule has 1 aliphatic rings. The molecule has 1 fully saturated rings. The van der Waals surface area contributed by atoms with Crippen molar-refractivity contribution in [3.8, 4) is 0 Å². The summed E-state index contributed by atoms with van der Waals surface area (Å²) in [4.78, 5) is 13.3. The SMILES string of the molecule is Clc1ccc(CC2CC2)cn1.NC(S)=N[N+](=O)[O-]. The fraction of sp³-hybridized carbons (Fsp3) is 0.400. The molecule has 18 heavy (non-hydrogen) atoms. The van der Waals surface area contributed by atoms with Gasteiger partial charge < -0.3 is 5.73 Å². The molecule has 2 rings (SSSR count). The normalized spacial score (nSPS) is 14.7. The summed E-state index contributed by atoms with van der Waals surface area (Å²) in [6.45, 7) is 0. The predicted octanol–water partition coefficient (Wildman–Crippen LogP) is 2.11. The zero-order valence-corrected chi connectivity index (χ0v) is 11.1. The Bertz CT molecular complexity index is 430. The minimum atomic E-state index is -0.914. The zero-order chi connectivity index (χ0) is 13.5. The summed E-state index contributed by atoms with van der Waals surface area (Å²) >= 11 is 8.98. The topological polar surface area (TPSA) is 94.4 Å². The van der Waals surface area contributed by atoms with Crippen LogP contribution < -0.4 is 5.73 Å². The Hall–Kier alpha value is -1.34. The molecule has 1 saturated carbocycles. The van der Waals surface area contributed by atoms with Crippen molar-refractivity contribution < 1.29 is 5.03 Å². The molecule has 0 aliphatic heterocycles. The molecule has 0 spiro atoms. The van der Waals surface area contributed by atoms with Crippen LogP contribution in [0.15, 0.2) is 23.4 Å². The number of aromatic nitrogens is 1. The molecule has 1 aliphatic carbocycles. The predicted molar refractivity (Wildman–Crippen MR) is 73.3 cm³/mol. The van der Waals surface area contributed by atoms with E-state index in [9.17, 15) is 10.1 Å². The van der Waals surface area contributed by atoms with Crippen molar-refractivity contribution in [3.63, 3.8) is 0 Å². The maximum atomic E-state index is 9.30. The first kappa shape index (κ1) is 14.7. The summed E-state index contributed by atoms with van der Waals surface area (Å²) in [6.07, 6.45) is 5.84. The number of halogens is 1. The smallest absolute Gasteiger partial charge is 0.229 e. The van der Waals surface area contributed by atoms with Crippen LogP contribution in [-0.4, -0.2) is 15.2 Å². The van der Waals surface area contributed by atoms with Gasteiger partial charge in [-0.25, -0.2) is 15.1 Å². The molecule has 0 aromatic carbocycles. The van der Waals surface area contributed by atoms with Crippen LogP contribution in [0.4, 0.5) is 0 Å². The van der Waals surface area contributed by atoms with Gasteiger partial charge in [0.25, 0.3) is 0 Å². The van der Waals surface area contributed by atoms with Crippen molar-refractivity contribution in [2.75, 3.05) is 0 Å². The Kier molecular flexibility index (Phi) is 5.87. The highest BCUT2D eigenvalue weighted by atomic mass is 35.5. The van der Waals surface area contributed by atoms with Gasteiger partial charge in [-0.1, -0.05) is 30.3 Å². The molecular formula is C10H13ClN4O2S. The van der Waals surface area contributed by atoms with Crippen LogP contribution in [0.1, 0.15) is 18.4 Å². The van der Waals surface area contributed by atoms with E-state index in [0.717, 1.165) is 5.92 Å². The molecule has 0 bridgehead atoms. The van der Waals surface area contributed by atoms with E-state index in [2.05, 4.69) is 34.5 Å². The molecule has 6 nitrogen and oxygen atoms in total. The Morgan fingerprint density at radius 3 is 2.67 bits per heavy atom. The molecular weight excluding hydrogens is 276 g/mol. The van der Waals surface area contributed by atoms with Gasteiger partial charge in [-0.2, -0.15) is 0 Å². The number of hydrazone groups is 1. The first-order valence-corrected chi connectivity index (χ1v) is 6.07. The highest BCUT2D eigenvalue weighted by molar-refractivity contribution is 7.96. The Balaban J connectivity index is 0.000000203. The van der Waals surface area contributed by atoms with Crippen molar-refractivity contribution >= 4 is 29.4 Å². The minimum absolute atomic E-state index is 0.343. The first-order valence-electron chi connectivity index (χ1n) is 5.25. The third-order valence-corrected chi connectivity index (χ3v) is 2.51. The summed E-state index contributed by atoms with van der Waals surface area (Å²) < 4.78 is 0. The number of nitrogens with zero attached hydrogens (tertiary/aromatic N) is 3. The van der Waals surface area contributed by atoms with Crippen molar-refractivity contribution in [2.45, 2.75) is 19.3 Å². The number of nitrogens with two attached hydrogens (primary N) is 1. The molecule has 0 unspecified atom stereocenters. The van der Waals surface area contributed by atoms with Gasteiger partial charge in [0.2, 0.25) is 5.17 Å². The summed E-state index contributed by atoms with van der Waals surface area (Å²) in [5.74, 6) is 0.929. The third kappa shape index (κ3) is 7.08. The van der Waals surface area contributed by atoms with Crippen LogP contribution in [0.2, 0.25) is 5.15 Å². The lowest BCUT2D eigenvalue weighted by Crippen LogP contribution is -2.04. The largest absolute Gasteiger partial charge is 0.373 e. The number of hydrogen-bond donors (Lipinski definition) is 2. The maximum Gasteiger partial charge on any atom is 0.229 e. The van der Waals surface area contributed by atoms with E-state index in [4.69, 9.17) is 11.6 Å². The molecule has 1 aromatic heterocycles. The van der Waals surface area contributed by atoms with Crippen LogP contribution in [0.25, 0.3) is 0 Å². The van der Waals surface area contributed by atoms with E-state index < -0.39 is 5.03 Å². The van der Waals surface area contributed by atoms with Gasteiger partial charge in [0, 0.05) is 6.20 Å². The van der Waals surface area contributed by atoms with Gasteiger partial charge >= 0.3 is 0 Å². The van der Waals surface area contributed by atoms with Gasteiger partial charge in [0.05, 0.1) is 5.10 Å². The van der Waals surface area contributed by atoms with Crippen molar-refractivity contribution in [3.05, 3.63) is 39.2 Å². The molecule has 1 heterocycles. The number of amidine groups is 1. The van der Waals surface area contributed by atoms with E-state index in [0.29, 0.717) is 5.15 Å². The summed E-state index contributed by atoms with van der Waals surface area (Å²) in [6, 6.07) is 3.92. The first-order chi connectivity index (χ1) is 8.47. The lowest BCUT2D eigenvalue weighted by atomic mass is 10.1. The Labute approximate surface area is 115 Å². The van der Waals surface area contributed by atoms with Crippen LogP contribution >= 0.6 is 24.2 Å². The monoisotopic (exact) mass is 288 g/mol. The van der Waals surface area contributed by atoms with E-state index in [-0.39, 0.29) is 5.17 Å². The van der Waals surface area contributed by atoms with Crippen LogP contribution in [-0.2, 0) is 6.42 Å². The summed E-state index contributed by atoms with van der Waals surface area (Å²) in [5, 5.41) is 11.2. The fourth-order valence-electron chi connectivity index (χ4n) is 1.27. The van der Waals surface area contributed by atoms with Crippen LogP contribution in [0.5, 0.6) is 0 Å². The maximum absolute atomic E-state index is 9.30. The molecule has 0 atom stereocenters. The quantitative estimate of drug-likeness (QED) is 0.222. The van der Waals surface area contributed by atoms with E-state index in [1.54, 1.807) is 0 Å². The summed E-state index contributed by atoms with van der Waals surface area (Å²) in [7, 11) is 0. The number of thiol groups is 1. The number of rotatable bonds is 3. The highest BCUT2D eigenvalue weighted by Crippen LogP contribution is 2.32. The van der Waals surface area contributed by atoms with Gasteiger partial charge in [-0.15, -0.1) is 0 Å². The van der Waals surface area contributed by atoms with E-state index in [1.165, 1.54) is 24.8 Å². The van der Waals surface area contributed by atoms with E-state index >= 15 is 0 Å². The zero-order valence-electron chi connectivity index (χ0n) is 9.49. The van der Waals surface area contributed by atoms with Crippen molar-refractivity contribution in [2.24, 2.45) is 16.8 Å². The molecule has 0 saturated heterocycles. The standard InChI is InChI=1S/C9H10ClN.CH3N3O2S/c10-9-4-3-8(6-11-9)5-7-1-2-7;2-1(7)3-4(5)6/h3-4,6-7H,1-2,5H2;(H3,2,3,7). The molecule has 2 N–H and O–H groups in total. The van der Waals surface area contributed by atoms with Gasteiger partial charge in [-0.3, -0.25) is 0 Å². The van der Waals surface area contributed by atoms with Crippen LogP contribution in [0.3, 0.4) is 0 Å². The number of pyridine rings is 1. The second kappa shape index (κ2) is 7.17. The lowest BCUT2D eigenvalue weighted by molar-refractivity contribution is -0.484. The van der Waals surface area contributed by atoms with Gasteiger partial charge in [0.15, 0.2) is 5.03 Å². The molecule has 98 valence electrons. The number of nitro groups is 1. The molecule has 0 amide bonds. The lowest BCUT2D eigenvalue weighted by Gasteiger charge is -1.96. The average molecular weight is 289 g/mol. The molecule has 8 heteroatoms. The Morgan fingerprint density at radius 1 is 1.67 bits per heavy atom. The van der Waals surface area contributed by atoms with Gasteiger partial charge in [0.1, 0.15) is 5.15 Å².